The molecule has 0 atom stereocenters. The fourth-order valence-electron chi connectivity index (χ4n) is 4.64. The molecule has 11 nitrogen and oxygen atoms in total. The average Bonchev–Trinajstić information content (AvgIpc) is 3.38. The highest BCUT2D eigenvalue weighted by Crippen LogP contribution is 2.37. The Morgan fingerprint density at radius 2 is 1.33 bits per heavy atom. The lowest BCUT2D eigenvalue weighted by Gasteiger charge is -2.14. The van der Waals surface area contributed by atoms with E-state index >= 15 is 0 Å². The minimum Gasteiger partial charge on any atom is -0.494 e. The van der Waals surface area contributed by atoms with Gasteiger partial charge in [-0.05, 0) is 68.4 Å². The summed E-state index contributed by atoms with van der Waals surface area (Å²) in [6.45, 7) is 4.45. The van der Waals surface area contributed by atoms with Crippen molar-refractivity contribution in [1.29, 1.82) is 0 Å². The Morgan fingerprint density at radius 1 is 0.786 bits per heavy atom. The van der Waals surface area contributed by atoms with Gasteiger partial charge in [-0.2, -0.15) is 0 Å². The Bertz CT molecular complexity index is 2000. The summed E-state index contributed by atoms with van der Waals surface area (Å²) in [7, 11) is -8.37. The Kier molecular flexibility index (Phi) is 7.82. The SMILES string of the molecule is CCOc1ccc(S(=O)(=O)Nc2cc3c(C(=O)NO)cn(S(=O)(=O)c4ccc(OCC)cc4)c3c3ccccc23)cc1. The lowest BCUT2D eigenvalue weighted by atomic mass is 10.0. The molecular formula is C29H27N3O8S2. The second-order valence-corrected chi connectivity index (χ2v) is 12.6. The fraction of sp³-hybridized carbons (Fsp3) is 0.138. The molecule has 1 aromatic heterocycles. The molecule has 1 heterocycles. The van der Waals surface area contributed by atoms with Crippen LogP contribution in [0.4, 0.5) is 5.69 Å². The zero-order valence-electron chi connectivity index (χ0n) is 22.6. The molecule has 0 saturated heterocycles. The molecule has 3 N–H and O–H groups in total. The molecule has 5 aromatic rings. The summed E-state index contributed by atoms with van der Waals surface area (Å²) in [6.07, 6.45) is 1.10. The third kappa shape index (κ3) is 5.24. The van der Waals surface area contributed by atoms with Crippen LogP contribution in [0.25, 0.3) is 21.7 Å². The third-order valence-electron chi connectivity index (χ3n) is 6.50. The molecule has 218 valence electrons. The first-order valence-corrected chi connectivity index (χ1v) is 15.8. The van der Waals surface area contributed by atoms with Gasteiger partial charge < -0.3 is 9.47 Å². The van der Waals surface area contributed by atoms with Crippen molar-refractivity contribution in [1.82, 2.24) is 9.45 Å². The van der Waals surface area contributed by atoms with Crippen LogP contribution in [0.2, 0.25) is 0 Å². The number of amides is 1. The van der Waals surface area contributed by atoms with Crippen LogP contribution in [-0.2, 0) is 20.0 Å². The number of carbonyl (C=O) groups is 1. The summed E-state index contributed by atoms with van der Waals surface area (Å²) in [6, 6.07) is 19.7. The van der Waals surface area contributed by atoms with Gasteiger partial charge in [0.05, 0.1) is 39.8 Å². The molecule has 0 aliphatic heterocycles. The first-order chi connectivity index (χ1) is 20.1. The van der Waals surface area contributed by atoms with Crippen molar-refractivity contribution in [2.45, 2.75) is 23.6 Å². The minimum atomic E-state index is -4.26. The number of ether oxygens (including phenoxy) is 2. The maximum absolute atomic E-state index is 13.9. The molecule has 5 rings (SSSR count). The monoisotopic (exact) mass is 609 g/mol. The number of benzene rings is 4. The quantitative estimate of drug-likeness (QED) is 0.152. The van der Waals surface area contributed by atoms with Gasteiger partial charge >= 0.3 is 0 Å². The van der Waals surface area contributed by atoms with Crippen LogP contribution in [0.3, 0.4) is 0 Å². The van der Waals surface area contributed by atoms with Crippen LogP contribution in [0, 0.1) is 0 Å². The van der Waals surface area contributed by atoms with Gasteiger partial charge in [-0.1, -0.05) is 24.3 Å². The van der Waals surface area contributed by atoms with E-state index in [0.29, 0.717) is 35.5 Å². The summed E-state index contributed by atoms with van der Waals surface area (Å²) in [5.41, 5.74) is 1.59. The van der Waals surface area contributed by atoms with Crippen LogP contribution in [0.5, 0.6) is 11.5 Å². The van der Waals surface area contributed by atoms with Crippen LogP contribution in [0.15, 0.2) is 94.9 Å². The van der Waals surface area contributed by atoms with Gasteiger partial charge in [0.1, 0.15) is 11.5 Å². The van der Waals surface area contributed by atoms with Gasteiger partial charge in [0.2, 0.25) is 0 Å². The first kappa shape index (κ1) is 28.9. The van der Waals surface area contributed by atoms with E-state index in [1.807, 2.05) is 13.8 Å². The Labute approximate surface area is 242 Å². The number of anilines is 1. The maximum Gasteiger partial charge on any atom is 0.276 e. The topological polar surface area (TPSA) is 153 Å². The zero-order chi connectivity index (χ0) is 30.1. The predicted octanol–water partition coefficient (Wildman–Crippen LogP) is 4.75. The largest absolute Gasteiger partial charge is 0.494 e. The lowest BCUT2D eigenvalue weighted by molar-refractivity contribution is 0.0708. The number of aromatic nitrogens is 1. The smallest absolute Gasteiger partial charge is 0.276 e. The number of fused-ring (bicyclic) bond motifs is 3. The number of rotatable bonds is 10. The number of nitrogens with one attached hydrogen (secondary N) is 2. The van der Waals surface area contributed by atoms with Crippen molar-refractivity contribution in [2.24, 2.45) is 0 Å². The van der Waals surface area contributed by atoms with E-state index in [9.17, 15) is 26.8 Å². The second kappa shape index (κ2) is 11.4. The average molecular weight is 610 g/mol. The molecule has 0 bridgehead atoms. The van der Waals surface area contributed by atoms with Gasteiger partial charge in [0, 0.05) is 22.4 Å². The summed E-state index contributed by atoms with van der Waals surface area (Å²) in [5, 5.41) is 10.3. The summed E-state index contributed by atoms with van der Waals surface area (Å²) < 4.78 is 68.8. The molecule has 0 unspecified atom stereocenters. The molecule has 0 spiro atoms. The normalized spacial score (nSPS) is 11.9. The standard InChI is InChI=1S/C29H27N3O8S2/c1-3-39-19-9-13-21(14-10-19)41(35,36)31-27-17-25-26(29(33)30-34)18-32(28(25)24-8-6-5-7-23(24)27)42(37,38)22-15-11-20(12-16-22)40-4-2/h5-18,31,34H,3-4H2,1-2H3,(H,30,33). The maximum atomic E-state index is 13.9. The summed E-state index contributed by atoms with van der Waals surface area (Å²) in [5.74, 6) is 0.0263. The third-order valence-corrected chi connectivity index (χ3v) is 9.56. The van der Waals surface area contributed by atoms with Crippen LogP contribution >= 0.6 is 0 Å². The minimum absolute atomic E-state index is 0.0286. The van der Waals surface area contributed by atoms with Gasteiger partial charge in [-0.25, -0.2) is 26.3 Å². The van der Waals surface area contributed by atoms with E-state index in [-0.39, 0.29) is 31.9 Å². The van der Waals surface area contributed by atoms with E-state index in [1.165, 1.54) is 54.6 Å². The Morgan fingerprint density at radius 3 is 1.88 bits per heavy atom. The molecule has 0 fully saturated rings. The highest BCUT2D eigenvalue weighted by Gasteiger charge is 2.27. The predicted molar refractivity (Wildman–Crippen MR) is 157 cm³/mol. The number of carbonyl (C=O) groups excluding carboxylic acids is 1. The second-order valence-electron chi connectivity index (χ2n) is 9.06. The van der Waals surface area contributed by atoms with Crippen LogP contribution < -0.4 is 19.7 Å². The molecular weight excluding hydrogens is 582 g/mol. The number of hydrogen-bond acceptors (Lipinski definition) is 8. The van der Waals surface area contributed by atoms with Crippen molar-refractivity contribution in [3.63, 3.8) is 0 Å². The highest BCUT2D eigenvalue weighted by molar-refractivity contribution is 7.92. The summed E-state index contributed by atoms with van der Waals surface area (Å²) in [4.78, 5) is 12.6. The Hall–Kier alpha value is -4.59. The van der Waals surface area contributed by atoms with Crippen LogP contribution in [0.1, 0.15) is 24.2 Å². The van der Waals surface area contributed by atoms with Crippen LogP contribution in [-0.4, -0.2) is 45.1 Å². The van der Waals surface area contributed by atoms with E-state index < -0.39 is 26.0 Å². The number of hydrogen-bond donors (Lipinski definition) is 3. The molecule has 1 amide bonds. The number of sulfonamides is 1. The van der Waals surface area contributed by atoms with Crippen molar-refractivity contribution >= 4 is 53.3 Å². The summed E-state index contributed by atoms with van der Waals surface area (Å²) >= 11 is 0. The van der Waals surface area contributed by atoms with E-state index in [1.54, 1.807) is 29.7 Å². The van der Waals surface area contributed by atoms with E-state index in [2.05, 4.69) is 4.72 Å². The van der Waals surface area contributed by atoms with E-state index in [4.69, 9.17) is 9.47 Å². The first-order valence-electron chi connectivity index (χ1n) is 12.9. The van der Waals surface area contributed by atoms with Crippen molar-refractivity contribution in [3.05, 3.63) is 90.6 Å². The zero-order valence-corrected chi connectivity index (χ0v) is 24.2. The lowest BCUT2D eigenvalue weighted by Crippen LogP contribution is -2.18. The van der Waals surface area contributed by atoms with Gasteiger partial charge in [0.25, 0.3) is 26.0 Å². The van der Waals surface area contributed by atoms with Gasteiger partial charge in [-0.15, -0.1) is 0 Å². The van der Waals surface area contributed by atoms with E-state index in [0.717, 1.165) is 10.2 Å². The molecule has 0 saturated carbocycles. The molecule has 4 aromatic carbocycles. The van der Waals surface area contributed by atoms with Crippen molar-refractivity contribution < 1.29 is 36.3 Å². The molecule has 42 heavy (non-hydrogen) atoms. The Balaban J connectivity index is 1.71. The number of hydroxylamine groups is 1. The molecule has 0 radical (unpaired) electrons. The van der Waals surface area contributed by atoms with Gasteiger partial charge in [0.15, 0.2) is 0 Å². The van der Waals surface area contributed by atoms with Crippen molar-refractivity contribution in [2.75, 3.05) is 17.9 Å². The molecule has 13 heteroatoms. The molecule has 0 aliphatic carbocycles. The van der Waals surface area contributed by atoms with Gasteiger partial charge in [-0.3, -0.25) is 14.7 Å². The highest BCUT2D eigenvalue weighted by atomic mass is 32.2. The fourth-order valence-corrected chi connectivity index (χ4v) is 7.10. The molecule has 0 aliphatic rings. The number of nitrogens with zero attached hydrogens (tertiary/aromatic N) is 1. The van der Waals surface area contributed by atoms with Crippen molar-refractivity contribution in [3.8, 4) is 11.5 Å².